The van der Waals surface area contributed by atoms with Crippen LogP contribution in [0, 0.1) is 0 Å². The van der Waals surface area contributed by atoms with E-state index in [2.05, 4.69) is 41.3 Å². The van der Waals surface area contributed by atoms with Crippen molar-refractivity contribution in [3.63, 3.8) is 0 Å². The Balaban J connectivity index is 1.35. The molecule has 0 bridgehead atoms. The van der Waals surface area contributed by atoms with Crippen LogP contribution >= 0.6 is 27.3 Å². The van der Waals surface area contributed by atoms with Gasteiger partial charge in [-0.05, 0) is 46.3 Å². The Bertz CT molecular complexity index is 909. The minimum absolute atomic E-state index is 0.0910. The Morgan fingerprint density at radius 1 is 1.07 bits per heavy atom. The van der Waals surface area contributed by atoms with Crippen LogP contribution in [0.2, 0.25) is 0 Å². The second-order valence-electron chi connectivity index (χ2n) is 6.05. The highest BCUT2D eigenvalue weighted by Gasteiger charge is 2.24. The van der Waals surface area contributed by atoms with Gasteiger partial charge in [0.1, 0.15) is 0 Å². The maximum atomic E-state index is 12.5. The van der Waals surface area contributed by atoms with Gasteiger partial charge in [-0.2, -0.15) is 0 Å². The van der Waals surface area contributed by atoms with E-state index in [1.807, 2.05) is 40.6 Å². The molecule has 0 atom stereocenters. The zero-order chi connectivity index (χ0) is 18.6. The monoisotopic (exact) mass is 444 g/mol. The average Bonchev–Trinajstić information content (AvgIpc) is 3.15. The molecule has 138 valence electrons. The third-order valence-electron chi connectivity index (χ3n) is 4.27. The van der Waals surface area contributed by atoms with Gasteiger partial charge in [-0.3, -0.25) is 9.78 Å². The number of amides is 1. The zero-order valence-corrected chi connectivity index (χ0v) is 16.8. The predicted octanol–water partition coefficient (Wildman–Crippen LogP) is 3.40. The highest BCUT2D eigenvalue weighted by molar-refractivity contribution is 9.10. The molecule has 0 spiro atoms. The van der Waals surface area contributed by atoms with Crippen molar-refractivity contribution in [2.45, 2.75) is 0 Å². The third kappa shape index (κ3) is 4.25. The summed E-state index contributed by atoms with van der Waals surface area (Å²) < 4.78 is 0.949. The number of aromatic nitrogens is 3. The molecule has 0 aliphatic carbocycles. The average molecular weight is 445 g/mol. The summed E-state index contributed by atoms with van der Waals surface area (Å²) in [5.74, 6) is 1.59. The fourth-order valence-electron chi connectivity index (χ4n) is 2.86. The summed E-state index contributed by atoms with van der Waals surface area (Å²) in [5, 5.41) is 13.7. The summed E-state index contributed by atoms with van der Waals surface area (Å²) in [5.41, 5.74) is 0.916. The molecular formula is C18H17BrN6OS. The van der Waals surface area contributed by atoms with Crippen molar-refractivity contribution in [1.29, 1.82) is 0 Å². The molecular weight excluding hydrogens is 428 g/mol. The molecule has 1 aliphatic rings. The second kappa shape index (κ2) is 8.01. The highest BCUT2D eigenvalue weighted by Crippen LogP contribution is 2.22. The lowest BCUT2D eigenvalue weighted by molar-refractivity contribution is 0.0751. The summed E-state index contributed by atoms with van der Waals surface area (Å²) in [4.78, 5) is 21.3. The molecule has 4 heterocycles. The van der Waals surface area contributed by atoms with Crippen LogP contribution in [0.25, 0.3) is 0 Å². The molecule has 1 amide bonds. The number of hydrogen-bond donors (Lipinski definition) is 1. The Labute approximate surface area is 169 Å². The van der Waals surface area contributed by atoms with Gasteiger partial charge in [-0.15, -0.1) is 21.5 Å². The molecule has 9 heteroatoms. The summed E-state index contributed by atoms with van der Waals surface area (Å²) in [6.45, 7) is 2.83. The van der Waals surface area contributed by atoms with Crippen LogP contribution in [-0.2, 0) is 0 Å². The number of hydrogen-bond acceptors (Lipinski definition) is 7. The number of nitrogens with zero attached hydrogens (tertiary/aromatic N) is 5. The van der Waals surface area contributed by atoms with E-state index >= 15 is 0 Å². The lowest BCUT2D eigenvalue weighted by Gasteiger charge is -2.35. The Morgan fingerprint density at radius 2 is 1.85 bits per heavy atom. The van der Waals surface area contributed by atoms with Crippen LogP contribution in [0.1, 0.15) is 9.67 Å². The van der Waals surface area contributed by atoms with Crippen LogP contribution in [-0.4, -0.2) is 52.2 Å². The first-order valence-electron chi connectivity index (χ1n) is 8.48. The van der Waals surface area contributed by atoms with Crippen molar-refractivity contribution >= 4 is 50.5 Å². The van der Waals surface area contributed by atoms with Crippen molar-refractivity contribution < 1.29 is 4.79 Å². The number of carbonyl (C=O) groups is 1. The maximum Gasteiger partial charge on any atom is 0.264 e. The number of rotatable bonds is 4. The molecule has 0 saturated carbocycles. The molecule has 0 aromatic carbocycles. The summed E-state index contributed by atoms with van der Waals surface area (Å²) in [6.07, 6.45) is 3.44. The first kappa shape index (κ1) is 17.9. The Hall–Kier alpha value is -2.52. The molecule has 7 nitrogen and oxygen atoms in total. The van der Waals surface area contributed by atoms with E-state index in [4.69, 9.17) is 0 Å². The standard InChI is InChI=1S/C18H17BrN6OS/c19-13-11-15(27-12-13)18(26)25-9-7-24(8-10-25)17-2-1-16(22-23-17)21-14-3-5-20-6-4-14/h1-6,11-12H,7-10H2,(H,20,21,22). The fourth-order valence-corrected chi connectivity index (χ4v) is 4.26. The quantitative estimate of drug-likeness (QED) is 0.664. The molecule has 4 rings (SSSR count). The van der Waals surface area contributed by atoms with E-state index in [9.17, 15) is 4.79 Å². The maximum absolute atomic E-state index is 12.5. The van der Waals surface area contributed by atoms with E-state index in [0.717, 1.165) is 33.9 Å². The third-order valence-corrected chi connectivity index (χ3v) is 5.95. The number of anilines is 3. The van der Waals surface area contributed by atoms with Crippen molar-refractivity contribution in [1.82, 2.24) is 20.1 Å². The Kier molecular flexibility index (Phi) is 5.30. The van der Waals surface area contributed by atoms with Crippen molar-refractivity contribution in [2.75, 3.05) is 36.4 Å². The number of carbonyl (C=O) groups excluding carboxylic acids is 1. The lowest BCUT2D eigenvalue weighted by Crippen LogP contribution is -2.49. The van der Waals surface area contributed by atoms with Gasteiger partial charge in [0.2, 0.25) is 0 Å². The largest absolute Gasteiger partial charge is 0.352 e. The van der Waals surface area contributed by atoms with Gasteiger partial charge < -0.3 is 15.1 Å². The molecule has 1 saturated heterocycles. The van der Waals surface area contributed by atoms with Crippen LogP contribution in [0.15, 0.2) is 52.6 Å². The van der Waals surface area contributed by atoms with Gasteiger partial charge in [0.05, 0.1) is 4.88 Å². The molecule has 0 radical (unpaired) electrons. The molecule has 3 aromatic heterocycles. The van der Waals surface area contributed by atoms with Gasteiger partial charge in [-0.25, -0.2) is 0 Å². The van der Waals surface area contributed by atoms with Crippen LogP contribution in [0.3, 0.4) is 0 Å². The van der Waals surface area contributed by atoms with Gasteiger partial charge >= 0.3 is 0 Å². The number of pyridine rings is 1. The molecule has 27 heavy (non-hydrogen) atoms. The van der Waals surface area contributed by atoms with Crippen molar-refractivity contribution in [3.05, 3.63) is 57.5 Å². The molecule has 1 fully saturated rings. The van der Waals surface area contributed by atoms with E-state index in [0.29, 0.717) is 18.9 Å². The van der Waals surface area contributed by atoms with E-state index in [1.54, 1.807) is 12.4 Å². The fraction of sp³-hybridized carbons (Fsp3) is 0.222. The topological polar surface area (TPSA) is 74.2 Å². The van der Waals surface area contributed by atoms with Crippen molar-refractivity contribution in [2.24, 2.45) is 0 Å². The number of nitrogens with one attached hydrogen (secondary N) is 1. The Morgan fingerprint density at radius 3 is 2.48 bits per heavy atom. The van der Waals surface area contributed by atoms with E-state index in [1.165, 1.54) is 11.3 Å². The van der Waals surface area contributed by atoms with Gasteiger partial charge in [0.25, 0.3) is 5.91 Å². The number of thiophene rings is 1. The lowest BCUT2D eigenvalue weighted by atomic mass is 10.3. The van der Waals surface area contributed by atoms with Crippen LogP contribution in [0.5, 0.6) is 0 Å². The summed E-state index contributed by atoms with van der Waals surface area (Å²) in [6, 6.07) is 9.48. The number of piperazine rings is 1. The second-order valence-corrected chi connectivity index (χ2v) is 7.87. The normalized spacial score (nSPS) is 14.3. The van der Waals surface area contributed by atoms with Gasteiger partial charge in [0.15, 0.2) is 11.6 Å². The van der Waals surface area contributed by atoms with E-state index < -0.39 is 0 Å². The minimum Gasteiger partial charge on any atom is -0.352 e. The molecule has 1 N–H and O–H groups in total. The minimum atomic E-state index is 0.0910. The first-order chi connectivity index (χ1) is 13.2. The molecule has 3 aromatic rings. The molecule has 1 aliphatic heterocycles. The zero-order valence-electron chi connectivity index (χ0n) is 14.4. The SMILES string of the molecule is O=C(c1cc(Br)cs1)N1CCN(c2ccc(Nc3ccncc3)nn2)CC1. The van der Waals surface area contributed by atoms with Gasteiger partial charge in [-0.1, -0.05) is 0 Å². The van der Waals surface area contributed by atoms with E-state index in [-0.39, 0.29) is 5.91 Å². The van der Waals surface area contributed by atoms with Crippen LogP contribution < -0.4 is 10.2 Å². The predicted molar refractivity (Wildman–Crippen MR) is 110 cm³/mol. The summed E-state index contributed by atoms with van der Waals surface area (Å²) in [7, 11) is 0. The van der Waals surface area contributed by atoms with Gasteiger partial charge in [0, 0.05) is 54.1 Å². The smallest absolute Gasteiger partial charge is 0.264 e. The number of halogens is 1. The molecule has 0 unspecified atom stereocenters. The van der Waals surface area contributed by atoms with Crippen molar-refractivity contribution in [3.8, 4) is 0 Å². The van der Waals surface area contributed by atoms with Crippen LogP contribution in [0.4, 0.5) is 17.3 Å². The first-order valence-corrected chi connectivity index (χ1v) is 10.2. The summed E-state index contributed by atoms with van der Waals surface area (Å²) >= 11 is 4.86. The highest BCUT2D eigenvalue weighted by atomic mass is 79.9.